The van der Waals surface area contributed by atoms with Gasteiger partial charge in [0.25, 0.3) is 11.8 Å². The van der Waals surface area contributed by atoms with Crippen LogP contribution in [0.3, 0.4) is 0 Å². The Bertz CT molecular complexity index is 1250. The van der Waals surface area contributed by atoms with Crippen molar-refractivity contribution in [1.29, 1.82) is 0 Å². The maximum Gasteiger partial charge on any atom is 0.305 e. The molecule has 0 radical (unpaired) electrons. The summed E-state index contributed by atoms with van der Waals surface area (Å²) >= 11 is 0. The van der Waals surface area contributed by atoms with Gasteiger partial charge in [-0.15, -0.1) is 0 Å². The van der Waals surface area contributed by atoms with Gasteiger partial charge in [0, 0.05) is 19.6 Å². The van der Waals surface area contributed by atoms with Crippen molar-refractivity contribution in [3.63, 3.8) is 0 Å². The highest BCUT2D eigenvalue weighted by Crippen LogP contribution is 2.16. The number of para-hydroxylation sites is 1. The predicted octanol–water partition coefficient (Wildman–Crippen LogP) is -3.84. The van der Waals surface area contributed by atoms with Crippen molar-refractivity contribution in [2.45, 2.75) is 56.3 Å². The summed E-state index contributed by atoms with van der Waals surface area (Å²) < 4.78 is 0. The molecule has 0 bridgehead atoms. The smallest absolute Gasteiger partial charge is 0.305 e. The highest BCUT2D eigenvalue weighted by atomic mass is 16.5. The standard InChI is InChI=1S/C27H39N7O12/c35-13-18(31-23(41)16-5-1-2-8-21(16)38)25(43)32-19(14-36)24(42)30-17(6-4-12-33(46)15-37)27(45)34-20(7-3-10-29-34)26(44)28-11-9-22(39)40/h1-2,5,8,15,17-20,29,35-36,38,46H,3-4,6-7,9-14H2,(H,28,44)(H,30,42)(H,31,41)(H,32,43)(H,39,40)/t17-,18+,19+,20-/m1/s1. The molecule has 46 heavy (non-hydrogen) atoms. The van der Waals surface area contributed by atoms with Crippen LogP contribution in [0.2, 0.25) is 0 Å². The number of phenolic OH excluding ortho intramolecular Hbond substituents is 1. The molecule has 19 heteroatoms. The first-order valence-electron chi connectivity index (χ1n) is 14.3. The van der Waals surface area contributed by atoms with Crippen molar-refractivity contribution >= 4 is 41.9 Å². The molecule has 1 aromatic rings. The van der Waals surface area contributed by atoms with Gasteiger partial charge in [-0.1, -0.05) is 12.1 Å². The number of aliphatic carboxylic acids is 1. The summed E-state index contributed by atoms with van der Waals surface area (Å²) in [5.41, 5.74) is 2.59. The molecular weight excluding hydrogens is 614 g/mol. The van der Waals surface area contributed by atoms with E-state index in [0.29, 0.717) is 11.5 Å². The second-order valence-electron chi connectivity index (χ2n) is 10.2. The fraction of sp³-hybridized carbons (Fsp3) is 0.519. The molecule has 0 unspecified atom stereocenters. The van der Waals surface area contributed by atoms with E-state index in [4.69, 9.17) is 5.11 Å². The number of hydroxylamine groups is 2. The molecule has 0 saturated carbocycles. The molecule has 1 aliphatic rings. The van der Waals surface area contributed by atoms with Crippen molar-refractivity contribution in [2.24, 2.45) is 0 Å². The number of nitrogens with one attached hydrogen (secondary N) is 5. The van der Waals surface area contributed by atoms with E-state index in [2.05, 4.69) is 26.7 Å². The normalized spacial score (nSPS) is 16.2. The monoisotopic (exact) mass is 653 g/mol. The van der Waals surface area contributed by atoms with Gasteiger partial charge in [-0.25, -0.2) is 10.5 Å². The number of aromatic hydroxyl groups is 1. The lowest BCUT2D eigenvalue weighted by molar-refractivity contribution is -0.151. The number of aliphatic hydroxyl groups is 2. The summed E-state index contributed by atoms with van der Waals surface area (Å²) in [4.78, 5) is 86.5. The molecule has 1 aromatic carbocycles. The van der Waals surface area contributed by atoms with E-state index in [1.807, 2.05) is 0 Å². The number of rotatable bonds is 18. The van der Waals surface area contributed by atoms with Crippen molar-refractivity contribution < 1.29 is 59.2 Å². The van der Waals surface area contributed by atoms with E-state index in [1.54, 1.807) is 0 Å². The van der Waals surface area contributed by atoms with Crippen LogP contribution in [-0.4, -0.2) is 135 Å². The summed E-state index contributed by atoms with van der Waals surface area (Å²) in [6.07, 6.45) is 0.280. The number of carboxylic acid groups (broad SMARTS) is 1. The van der Waals surface area contributed by atoms with Gasteiger partial charge in [0.1, 0.15) is 29.9 Å². The number of amides is 6. The maximum atomic E-state index is 13.6. The Kier molecular flexibility index (Phi) is 15.3. The minimum Gasteiger partial charge on any atom is -0.507 e. The molecular formula is C27H39N7O12. The summed E-state index contributed by atoms with van der Waals surface area (Å²) in [5, 5.41) is 58.2. The van der Waals surface area contributed by atoms with Crippen LogP contribution in [0.4, 0.5) is 0 Å². The van der Waals surface area contributed by atoms with Gasteiger partial charge in [-0.05, 0) is 37.8 Å². The second kappa shape index (κ2) is 18.8. The zero-order chi connectivity index (χ0) is 34.2. The number of hydrogen-bond acceptors (Lipinski definition) is 12. The number of benzene rings is 1. The molecule has 10 N–H and O–H groups in total. The Balaban J connectivity index is 2.17. The lowest BCUT2D eigenvalue weighted by atomic mass is 10.0. The third kappa shape index (κ3) is 11.3. The number of nitrogens with zero attached hydrogens (tertiary/aromatic N) is 2. The average molecular weight is 654 g/mol. The van der Waals surface area contributed by atoms with Gasteiger partial charge in [-0.2, -0.15) is 0 Å². The van der Waals surface area contributed by atoms with E-state index < -0.39 is 72.9 Å². The van der Waals surface area contributed by atoms with Gasteiger partial charge in [-0.3, -0.25) is 43.8 Å². The molecule has 1 heterocycles. The summed E-state index contributed by atoms with van der Waals surface area (Å²) in [7, 11) is 0. The molecule has 1 fully saturated rings. The van der Waals surface area contributed by atoms with Crippen LogP contribution < -0.4 is 26.7 Å². The zero-order valence-corrected chi connectivity index (χ0v) is 24.8. The van der Waals surface area contributed by atoms with E-state index >= 15 is 0 Å². The SMILES string of the molecule is O=CN(O)CCC[C@@H](NC(=O)[C@H](CO)NC(=O)[C@H](CO)NC(=O)c1ccccc1O)C(=O)N1NCCC[C@@H]1C(=O)NCCC(=O)O. The number of carbonyl (C=O) groups is 7. The fourth-order valence-electron chi connectivity index (χ4n) is 4.39. The molecule has 0 aliphatic carbocycles. The largest absolute Gasteiger partial charge is 0.507 e. The number of carboxylic acids is 1. The van der Waals surface area contributed by atoms with Crippen molar-refractivity contribution in [3.8, 4) is 5.75 Å². The number of phenols is 1. The Morgan fingerprint density at radius 2 is 1.63 bits per heavy atom. The lowest BCUT2D eigenvalue weighted by Crippen LogP contribution is -2.64. The van der Waals surface area contributed by atoms with Crippen molar-refractivity contribution in [2.75, 3.05) is 32.8 Å². The minimum absolute atomic E-state index is 0.0175. The van der Waals surface area contributed by atoms with Crippen LogP contribution in [0.5, 0.6) is 5.75 Å². The zero-order valence-electron chi connectivity index (χ0n) is 24.8. The molecule has 1 aliphatic heterocycles. The third-order valence-corrected chi connectivity index (χ3v) is 6.81. The van der Waals surface area contributed by atoms with Crippen LogP contribution in [-0.2, 0) is 28.8 Å². The Hall–Kier alpha value is -4.85. The highest BCUT2D eigenvalue weighted by molar-refractivity contribution is 6.00. The van der Waals surface area contributed by atoms with Crippen molar-refractivity contribution in [3.05, 3.63) is 29.8 Å². The van der Waals surface area contributed by atoms with Gasteiger partial charge in [0.05, 0.1) is 25.2 Å². The molecule has 6 amide bonds. The minimum atomic E-state index is -1.69. The number of carbonyl (C=O) groups excluding carboxylic acids is 6. The van der Waals surface area contributed by atoms with Gasteiger partial charge >= 0.3 is 5.97 Å². The average Bonchev–Trinajstić information content (AvgIpc) is 3.04. The van der Waals surface area contributed by atoms with E-state index in [-0.39, 0.29) is 63.0 Å². The third-order valence-electron chi connectivity index (χ3n) is 6.81. The molecule has 254 valence electrons. The molecule has 19 nitrogen and oxygen atoms in total. The second-order valence-corrected chi connectivity index (χ2v) is 10.2. The predicted molar refractivity (Wildman–Crippen MR) is 154 cm³/mol. The number of hydrazine groups is 1. The highest BCUT2D eigenvalue weighted by Gasteiger charge is 2.37. The maximum absolute atomic E-state index is 13.6. The van der Waals surface area contributed by atoms with Crippen LogP contribution in [0.1, 0.15) is 42.5 Å². The first-order chi connectivity index (χ1) is 21.9. The molecule has 1 saturated heterocycles. The number of aliphatic hydroxyl groups excluding tert-OH is 2. The van der Waals surface area contributed by atoms with E-state index in [9.17, 15) is 54.1 Å². The Morgan fingerprint density at radius 3 is 2.24 bits per heavy atom. The summed E-state index contributed by atoms with van der Waals surface area (Å²) in [6, 6.07) is -0.362. The molecule has 2 rings (SSSR count). The van der Waals surface area contributed by atoms with Gasteiger partial charge < -0.3 is 41.7 Å². The van der Waals surface area contributed by atoms with Crippen LogP contribution in [0, 0.1) is 0 Å². The molecule has 4 atom stereocenters. The molecule has 0 aromatic heterocycles. The van der Waals surface area contributed by atoms with Crippen LogP contribution in [0.15, 0.2) is 24.3 Å². The van der Waals surface area contributed by atoms with Gasteiger partial charge in [0.2, 0.25) is 24.1 Å². The van der Waals surface area contributed by atoms with Crippen molar-refractivity contribution in [1.82, 2.24) is 36.8 Å². The van der Waals surface area contributed by atoms with Crippen LogP contribution in [0.25, 0.3) is 0 Å². The van der Waals surface area contributed by atoms with Gasteiger partial charge in [0.15, 0.2) is 0 Å². The fourth-order valence-corrected chi connectivity index (χ4v) is 4.39. The Morgan fingerprint density at radius 1 is 1.00 bits per heavy atom. The molecule has 0 spiro atoms. The number of hydrogen-bond donors (Lipinski definition) is 10. The summed E-state index contributed by atoms with van der Waals surface area (Å²) in [6.45, 7) is -2.03. The quantitative estimate of drug-likeness (QED) is 0.0413. The summed E-state index contributed by atoms with van der Waals surface area (Å²) in [5.74, 6) is -6.04. The first kappa shape index (κ1) is 37.3. The lowest BCUT2D eigenvalue weighted by Gasteiger charge is -2.37. The van der Waals surface area contributed by atoms with E-state index in [0.717, 1.165) is 5.01 Å². The van der Waals surface area contributed by atoms with Crippen LogP contribution >= 0.6 is 0 Å². The first-order valence-corrected chi connectivity index (χ1v) is 14.3. The van der Waals surface area contributed by atoms with E-state index in [1.165, 1.54) is 24.3 Å². The Labute approximate surface area is 262 Å². The topological polar surface area (TPSA) is 287 Å².